The van der Waals surface area contributed by atoms with E-state index in [0.29, 0.717) is 0 Å². The zero-order chi connectivity index (χ0) is 13.9. The Balaban J connectivity index is 1.86. The minimum absolute atomic E-state index is 0.752. The van der Waals surface area contributed by atoms with Crippen molar-refractivity contribution in [1.82, 2.24) is 4.98 Å². The van der Waals surface area contributed by atoms with Crippen molar-refractivity contribution in [1.29, 1.82) is 0 Å². The first-order valence-electron chi connectivity index (χ1n) is 6.40. The van der Waals surface area contributed by atoms with Crippen LogP contribution < -0.4 is 10.1 Å². The van der Waals surface area contributed by atoms with E-state index in [9.17, 15) is 0 Å². The van der Waals surface area contributed by atoms with Crippen LogP contribution in [0.4, 0.5) is 5.69 Å². The SMILES string of the molecule is COc1ccc(Br)cc1NCc1cccc2[nH]ccc12. The zero-order valence-corrected chi connectivity index (χ0v) is 12.7. The molecule has 0 radical (unpaired) electrons. The predicted octanol–water partition coefficient (Wildman–Crippen LogP) is 4.55. The molecule has 2 N–H and O–H groups in total. The van der Waals surface area contributed by atoms with Crippen LogP contribution in [0.1, 0.15) is 5.56 Å². The van der Waals surface area contributed by atoms with Crippen molar-refractivity contribution in [2.75, 3.05) is 12.4 Å². The lowest BCUT2D eigenvalue weighted by atomic mass is 10.1. The Morgan fingerprint density at radius 1 is 1.20 bits per heavy atom. The first-order valence-corrected chi connectivity index (χ1v) is 7.19. The monoisotopic (exact) mass is 330 g/mol. The van der Waals surface area contributed by atoms with E-state index in [4.69, 9.17) is 4.74 Å². The van der Waals surface area contributed by atoms with Crippen LogP contribution in [-0.4, -0.2) is 12.1 Å². The van der Waals surface area contributed by atoms with Crippen LogP contribution in [-0.2, 0) is 6.54 Å². The van der Waals surface area contributed by atoms with E-state index in [-0.39, 0.29) is 0 Å². The van der Waals surface area contributed by atoms with E-state index in [1.807, 2.05) is 24.4 Å². The minimum atomic E-state index is 0.752. The Kier molecular flexibility index (Phi) is 3.65. The highest BCUT2D eigenvalue weighted by atomic mass is 79.9. The van der Waals surface area contributed by atoms with E-state index in [2.05, 4.69) is 50.5 Å². The number of rotatable bonds is 4. The predicted molar refractivity (Wildman–Crippen MR) is 86.3 cm³/mol. The largest absolute Gasteiger partial charge is 0.495 e. The van der Waals surface area contributed by atoms with E-state index >= 15 is 0 Å². The van der Waals surface area contributed by atoms with Crippen LogP contribution in [0.3, 0.4) is 0 Å². The number of aromatic amines is 1. The number of anilines is 1. The first kappa shape index (κ1) is 13.1. The maximum absolute atomic E-state index is 5.37. The van der Waals surface area contributed by atoms with Gasteiger partial charge in [-0.25, -0.2) is 0 Å². The average molecular weight is 331 g/mol. The zero-order valence-electron chi connectivity index (χ0n) is 11.1. The molecule has 0 amide bonds. The molecule has 0 unspecified atom stereocenters. The third kappa shape index (κ3) is 2.51. The van der Waals surface area contributed by atoms with Crippen molar-refractivity contribution in [3.63, 3.8) is 0 Å². The molecular formula is C16H15BrN2O. The molecule has 0 aliphatic heterocycles. The number of hydrogen-bond acceptors (Lipinski definition) is 2. The normalized spacial score (nSPS) is 10.7. The van der Waals surface area contributed by atoms with Gasteiger partial charge in [0.15, 0.2) is 0 Å². The number of nitrogens with one attached hydrogen (secondary N) is 2. The Morgan fingerprint density at radius 3 is 2.95 bits per heavy atom. The third-order valence-corrected chi connectivity index (χ3v) is 3.81. The van der Waals surface area contributed by atoms with Gasteiger partial charge >= 0.3 is 0 Å². The van der Waals surface area contributed by atoms with Crippen LogP contribution >= 0.6 is 15.9 Å². The van der Waals surface area contributed by atoms with E-state index in [0.717, 1.165) is 28.0 Å². The molecule has 0 atom stereocenters. The molecule has 0 bridgehead atoms. The van der Waals surface area contributed by atoms with Crippen molar-refractivity contribution < 1.29 is 4.74 Å². The fourth-order valence-corrected chi connectivity index (χ4v) is 2.67. The van der Waals surface area contributed by atoms with Gasteiger partial charge in [-0.2, -0.15) is 0 Å². The molecule has 102 valence electrons. The highest BCUT2D eigenvalue weighted by Crippen LogP contribution is 2.29. The van der Waals surface area contributed by atoms with Gasteiger partial charge in [-0.3, -0.25) is 0 Å². The highest BCUT2D eigenvalue weighted by Gasteiger charge is 2.05. The summed E-state index contributed by atoms with van der Waals surface area (Å²) in [6, 6.07) is 14.3. The number of fused-ring (bicyclic) bond motifs is 1. The summed E-state index contributed by atoms with van der Waals surface area (Å²) in [6.45, 7) is 0.752. The van der Waals surface area contributed by atoms with Gasteiger partial charge in [-0.15, -0.1) is 0 Å². The van der Waals surface area contributed by atoms with E-state index in [1.165, 1.54) is 10.9 Å². The quantitative estimate of drug-likeness (QED) is 0.736. The number of hydrogen-bond donors (Lipinski definition) is 2. The fourth-order valence-electron chi connectivity index (χ4n) is 2.31. The Morgan fingerprint density at radius 2 is 2.10 bits per heavy atom. The summed E-state index contributed by atoms with van der Waals surface area (Å²) < 4.78 is 6.40. The number of benzene rings is 2. The molecule has 1 aromatic heterocycles. The molecular weight excluding hydrogens is 316 g/mol. The Labute approximate surface area is 126 Å². The molecule has 1 heterocycles. The number of methoxy groups -OCH3 is 1. The first-order chi connectivity index (χ1) is 9.78. The molecule has 0 saturated carbocycles. The summed E-state index contributed by atoms with van der Waals surface area (Å²) in [5.41, 5.74) is 3.39. The number of H-pyrrole nitrogens is 1. The maximum Gasteiger partial charge on any atom is 0.142 e. The summed E-state index contributed by atoms with van der Waals surface area (Å²) in [5, 5.41) is 4.68. The van der Waals surface area contributed by atoms with Crippen LogP contribution in [0.5, 0.6) is 5.75 Å². The smallest absolute Gasteiger partial charge is 0.142 e. The second-order valence-corrected chi connectivity index (χ2v) is 5.47. The van der Waals surface area contributed by atoms with Gasteiger partial charge in [0.2, 0.25) is 0 Å². The lowest BCUT2D eigenvalue weighted by Gasteiger charge is -2.12. The minimum Gasteiger partial charge on any atom is -0.495 e. The molecule has 0 saturated heterocycles. The standard InChI is InChI=1S/C16H15BrN2O/c1-20-16-6-5-12(17)9-15(16)19-10-11-3-2-4-14-13(11)7-8-18-14/h2-9,18-19H,10H2,1H3. The van der Waals surface area contributed by atoms with Gasteiger partial charge in [0.25, 0.3) is 0 Å². The Bertz CT molecular complexity index is 736. The molecule has 3 nitrogen and oxygen atoms in total. The molecule has 4 heteroatoms. The third-order valence-electron chi connectivity index (χ3n) is 3.32. The molecule has 0 aliphatic carbocycles. The summed E-state index contributed by atoms with van der Waals surface area (Å²) in [7, 11) is 1.68. The average Bonchev–Trinajstić information content (AvgIpc) is 2.94. The molecule has 0 fully saturated rings. The van der Waals surface area contributed by atoms with Crippen LogP contribution in [0.25, 0.3) is 10.9 Å². The van der Waals surface area contributed by atoms with Gasteiger partial charge in [-0.1, -0.05) is 28.1 Å². The molecule has 3 rings (SSSR count). The van der Waals surface area contributed by atoms with Crippen molar-refractivity contribution in [2.45, 2.75) is 6.54 Å². The summed E-state index contributed by atoms with van der Waals surface area (Å²) in [4.78, 5) is 3.23. The maximum atomic E-state index is 5.37. The molecule has 2 aromatic carbocycles. The molecule has 20 heavy (non-hydrogen) atoms. The van der Waals surface area contributed by atoms with E-state index < -0.39 is 0 Å². The van der Waals surface area contributed by atoms with Crippen molar-refractivity contribution in [3.8, 4) is 5.75 Å². The van der Waals surface area contributed by atoms with Crippen molar-refractivity contribution in [3.05, 3.63) is 58.7 Å². The van der Waals surface area contributed by atoms with E-state index in [1.54, 1.807) is 7.11 Å². The summed E-state index contributed by atoms with van der Waals surface area (Å²) in [5.74, 6) is 0.842. The second-order valence-electron chi connectivity index (χ2n) is 4.55. The lowest BCUT2D eigenvalue weighted by molar-refractivity contribution is 0.416. The Hall–Kier alpha value is -1.94. The molecule has 3 aromatic rings. The lowest BCUT2D eigenvalue weighted by Crippen LogP contribution is -2.01. The van der Waals surface area contributed by atoms with Crippen LogP contribution in [0, 0.1) is 0 Å². The topological polar surface area (TPSA) is 37.0 Å². The fraction of sp³-hybridized carbons (Fsp3) is 0.125. The number of halogens is 1. The van der Waals surface area contributed by atoms with Crippen LogP contribution in [0.15, 0.2) is 53.1 Å². The molecule has 0 spiro atoms. The second kappa shape index (κ2) is 5.59. The van der Waals surface area contributed by atoms with Crippen molar-refractivity contribution >= 4 is 32.5 Å². The van der Waals surface area contributed by atoms with Crippen LogP contribution in [0.2, 0.25) is 0 Å². The van der Waals surface area contributed by atoms with Gasteiger partial charge in [-0.05, 0) is 35.9 Å². The van der Waals surface area contributed by atoms with Crippen molar-refractivity contribution in [2.24, 2.45) is 0 Å². The van der Waals surface area contributed by atoms with Gasteiger partial charge in [0.1, 0.15) is 5.75 Å². The molecule has 0 aliphatic rings. The summed E-state index contributed by atoms with van der Waals surface area (Å²) in [6.07, 6.45) is 1.97. The summed E-state index contributed by atoms with van der Waals surface area (Å²) >= 11 is 3.48. The van der Waals surface area contributed by atoms with Gasteiger partial charge in [0.05, 0.1) is 12.8 Å². The number of ether oxygens (including phenoxy) is 1. The highest BCUT2D eigenvalue weighted by molar-refractivity contribution is 9.10. The number of aromatic nitrogens is 1. The van der Waals surface area contributed by atoms with Gasteiger partial charge < -0.3 is 15.0 Å². The van der Waals surface area contributed by atoms with Gasteiger partial charge in [0, 0.05) is 28.1 Å².